The Hall–Kier alpha value is -2.93. The molecule has 0 aliphatic carbocycles. The maximum atomic E-state index is 12.4. The molecule has 0 bridgehead atoms. The van der Waals surface area contributed by atoms with Crippen molar-refractivity contribution in [3.05, 3.63) is 53.1 Å². The highest BCUT2D eigenvalue weighted by molar-refractivity contribution is 6.30. The lowest BCUT2D eigenvalue weighted by atomic mass is 10.1. The van der Waals surface area contributed by atoms with Gasteiger partial charge in [-0.15, -0.1) is 10.2 Å². The van der Waals surface area contributed by atoms with Gasteiger partial charge in [-0.05, 0) is 47.7 Å². The molecule has 0 unspecified atom stereocenters. The molecule has 128 valence electrons. The molecule has 3 rings (SSSR count). The molecule has 1 heterocycles. The zero-order valence-electron chi connectivity index (χ0n) is 13.6. The van der Waals surface area contributed by atoms with Crippen molar-refractivity contribution >= 4 is 17.4 Å². The van der Waals surface area contributed by atoms with Crippen LogP contribution < -0.4 is 9.47 Å². The molecule has 1 aromatic heterocycles. The molecule has 0 radical (unpaired) electrons. The smallest absolute Gasteiger partial charge is 0.204 e. The summed E-state index contributed by atoms with van der Waals surface area (Å²) in [7, 11) is 3.06. The lowest BCUT2D eigenvalue weighted by molar-refractivity contribution is 0.0961. The van der Waals surface area contributed by atoms with Crippen LogP contribution in [0.15, 0.2) is 42.5 Å². The second kappa shape index (κ2) is 7.31. The van der Waals surface area contributed by atoms with Crippen LogP contribution in [0.2, 0.25) is 5.02 Å². The van der Waals surface area contributed by atoms with Gasteiger partial charge in [0.15, 0.2) is 17.3 Å². The number of hydrogen-bond acceptors (Lipinski definition) is 6. The summed E-state index contributed by atoms with van der Waals surface area (Å²) in [5.74, 6) is 1.31. The third-order valence-corrected chi connectivity index (χ3v) is 3.80. The van der Waals surface area contributed by atoms with Crippen LogP contribution in [0, 0.1) is 0 Å². The van der Waals surface area contributed by atoms with Crippen LogP contribution in [0.25, 0.3) is 11.4 Å². The van der Waals surface area contributed by atoms with Crippen LogP contribution in [0.3, 0.4) is 0 Å². The van der Waals surface area contributed by atoms with E-state index in [1.165, 1.54) is 19.0 Å². The minimum Gasteiger partial charge on any atom is -0.493 e. The number of ether oxygens (including phenoxy) is 2. The van der Waals surface area contributed by atoms with Gasteiger partial charge >= 0.3 is 0 Å². The van der Waals surface area contributed by atoms with Gasteiger partial charge in [0, 0.05) is 16.1 Å². The minimum absolute atomic E-state index is 0.0317. The van der Waals surface area contributed by atoms with Crippen LogP contribution in [0.5, 0.6) is 11.5 Å². The zero-order valence-corrected chi connectivity index (χ0v) is 14.4. The Morgan fingerprint density at radius 2 is 1.80 bits per heavy atom. The fraction of sp³-hybridized carbons (Fsp3) is 0.176. The van der Waals surface area contributed by atoms with E-state index >= 15 is 0 Å². The summed E-state index contributed by atoms with van der Waals surface area (Å²) in [6.07, 6.45) is 0. The molecular formula is C17H15ClN4O3. The van der Waals surface area contributed by atoms with E-state index in [1.54, 1.807) is 42.5 Å². The molecule has 0 aliphatic rings. The van der Waals surface area contributed by atoms with Gasteiger partial charge in [0.1, 0.15) is 6.54 Å². The number of tetrazole rings is 1. The molecule has 0 N–H and O–H groups in total. The van der Waals surface area contributed by atoms with E-state index in [0.717, 1.165) is 5.56 Å². The summed E-state index contributed by atoms with van der Waals surface area (Å²) in [6, 6.07) is 12.0. The molecule has 25 heavy (non-hydrogen) atoms. The Kier molecular flexibility index (Phi) is 4.95. The largest absolute Gasteiger partial charge is 0.493 e. The second-order valence-electron chi connectivity index (χ2n) is 5.14. The molecule has 0 aliphatic heterocycles. The first kappa shape index (κ1) is 16.9. The summed E-state index contributed by atoms with van der Waals surface area (Å²) in [5.41, 5.74) is 1.25. The second-order valence-corrected chi connectivity index (χ2v) is 5.58. The first-order valence-corrected chi connectivity index (χ1v) is 7.77. The summed E-state index contributed by atoms with van der Waals surface area (Å²) in [6.45, 7) is -0.0317. The van der Waals surface area contributed by atoms with Gasteiger partial charge in [0.2, 0.25) is 5.82 Å². The molecular weight excluding hydrogens is 344 g/mol. The predicted octanol–water partition coefficient (Wildman–Crippen LogP) is 2.89. The van der Waals surface area contributed by atoms with Gasteiger partial charge in [-0.3, -0.25) is 4.79 Å². The highest BCUT2D eigenvalue weighted by Crippen LogP contribution is 2.27. The summed E-state index contributed by atoms with van der Waals surface area (Å²) in [4.78, 5) is 13.7. The standard InChI is InChI=1S/C17H15ClN4O3/c1-24-15-8-5-12(9-16(15)25-2)14(23)10-22-20-17(19-21-22)11-3-6-13(18)7-4-11/h3-9H,10H2,1-2H3. The lowest BCUT2D eigenvalue weighted by Crippen LogP contribution is -2.13. The van der Waals surface area contributed by atoms with Gasteiger partial charge in [-0.1, -0.05) is 11.6 Å². The maximum absolute atomic E-state index is 12.4. The molecule has 3 aromatic rings. The number of ketones is 1. The SMILES string of the molecule is COc1ccc(C(=O)Cn2nnc(-c3ccc(Cl)cc3)n2)cc1OC. The number of hydrogen-bond donors (Lipinski definition) is 0. The molecule has 0 fully saturated rings. The molecule has 8 heteroatoms. The van der Waals surface area contributed by atoms with Crippen LogP contribution in [0.4, 0.5) is 0 Å². The molecule has 0 saturated carbocycles. The fourth-order valence-electron chi connectivity index (χ4n) is 2.25. The first-order valence-electron chi connectivity index (χ1n) is 7.39. The number of carbonyl (C=O) groups is 1. The Labute approximate surface area is 149 Å². The number of nitrogens with zero attached hydrogens (tertiary/aromatic N) is 4. The molecule has 2 aromatic carbocycles. The third kappa shape index (κ3) is 3.77. The number of rotatable bonds is 6. The molecule has 0 spiro atoms. The maximum Gasteiger partial charge on any atom is 0.204 e. The van der Waals surface area contributed by atoms with E-state index in [0.29, 0.717) is 27.9 Å². The van der Waals surface area contributed by atoms with Crippen molar-refractivity contribution in [2.24, 2.45) is 0 Å². The van der Waals surface area contributed by atoms with Crippen molar-refractivity contribution in [1.29, 1.82) is 0 Å². The van der Waals surface area contributed by atoms with Crippen LogP contribution in [-0.4, -0.2) is 40.2 Å². The average Bonchev–Trinajstić information content (AvgIpc) is 3.10. The minimum atomic E-state index is -0.166. The summed E-state index contributed by atoms with van der Waals surface area (Å²) >= 11 is 5.86. The first-order chi connectivity index (χ1) is 12.1. The van der Waals surface area contributed by atoms with E-state index < -0.39 is 0 Å². The Morgan fingerprint density at radius 3 is 2.48 bits per heavy atom. The van der Waals surface area contributed by atoms with Crippen LogP contribution >= 0.6 is 11.6 Å². The van der Waals surface area contributed by atoms with Gasteiger partial charge in [-0.2, -0.15) is 4.80 Å². The van der Waals surface area contributed by atoms with Gasteiger partial charge in [0.25, 0.3) is 0 Å². The van der Waals surface area contributed by atoms with E-state index in [2.05, 4.69) is 15.4 Å². The number of aromatic nitrogens is 4. The van der Waals surface area contributed by atoms with Gasteiger partial charge < -0.3 is 9.47 Å². The van der Waals surface area contributed by atoms with Crippen molar-refractivity contribution in [3.8, 4) is 22.9 Å². The zero-order chi connectivity index (χ0) is 17.8. The highest BCUT2D eigenvalue weighted by Gasteiger charge is 2.14. The van der Waals surface area contributed by atoms with Gasteiger partial charge in [0.05, 0.1) is 14.2 Å². The lowest BCUT2D eigenvalue weighted by Gasteiger charge is -2.08. The van der Waals surface area contributed by atoms with Crippen molar-refractivity contribution < 1.29 is 14.3 Å². The summed E-state index contributed by atoms with van der Waals surface area (Å²) < 4.78 is 10.4. The van der Waals surface area contributed by atoms with Crippen molar-refractivity contribution in [1.82, 2.24) is 20.2 Å². The van der Waals surface area contributed by atoms with Crippen molar-refractivity contribution in [3.63, 3.8) is 0 Å². The normalized spacial score (nSPS) is 10.5. The topological polar surface area (TPSA) is 79.1 Å². The van der Waals surface area contributed by atoms with E-state index in [9.17, 15) is 4.79 Å². The molecule has 0 amide bonds. The van der Waals surface area contributed by atoms with Crippen LogP contribution in [0.1, 0.15) is 10.4 Å². The van der Waals surface area contributed by atoms with Crippen LogP contribution in [-0.2, 0) is 6.54 Å². The van der Waals surface area contributed by atoms with Crippen molar-refractivity contribution in [2.75, 3.05) is 14.2 Å². The van der Waals surface area contributed by atoms with E-state index in [1.807, 2.05) is 0 Å². The quantitative estimate of drug-likeness (QED) is 0.630. The molecule has 0 atom stereocenters. The number of methoxy groups -OCH3 is 2. The summed E-state index contributed by atoms with van der Waals surface area (Å²) in [5, 5.41) is 12.7. The molecule has 0 saturated heterocycles. The predicted molar refractivity (Wildman–Crippen MR) is 92.1 cm³/mol. The number of halogens is 1. The third-order valence-electron chi connectivity index (χ3n) is 3.55. The van der Waals surface area contributed by atoms with Gasteiger partial charge in [-0.25, -0.2) is 0 Å². The Bertz CT molecular complexity index is 893. The average molecular weight is 359 g/mol. The fourth-order valence-corrected chi connectivity index (χ4v) is 2.38. The Balaban J connectivity index is 1.76. The Morgan fingerprint density at radius 1 is 1.08 bits per heavy atom. The highest BCUT2D eigenvalue weighted by atomic mass is 35.5. The number of carbonyl (C=O) groups excluding carboxylic acids is 1. The number of benzene rings is 2. The monoisotopic (exact) mass is 358 g/mol. The van der Waals surface area contributed by atoms with Crippen molar-refractivity contribution in [2.45, 2.75) is 6.54 Å². The number of Topliss-reactive ketones (excluding diaryl/α,β-unsaturated/α-hetero) is 1. The van der Waals surface area contributed by atoms with E-state index in [-0.39, 0.29) is 12.3 Å². The van der Waals surface area contributed by atoms with E-state index in [4.69, 9.17) is 21.1 Å². The molecule has 7 nitrogen and oxygen atoms in total.